The molecule has 3 aliphatic rings. The molecule has 1 aromatic heterocycles. The minimum absolute atomic E-state index is 0.257. The number of fused-ring (bicyclic) bond motifs is 1. The first-order valence-corrected chi connectivity index (χ1v) is 9.40. The lowest BCUT2D eigenvalue weighted by molar-refractivity contribution is -0.145. The Morgan fingerprint density at radius 2 is 2.27 bits per heavy atom. The summed E-state index contributed by atoms with van der Waals surface area (Å²) in [5.74, 6) is 0.912. The van der Waals surface area contributed by atoms with Gasteiger partial charge < -0.3 is 9.64 Å². The van der Waals surface area contributed by atoms with Crippen molar-refractivity contribution in [2.75, 3.05) is 26.2 Å². The van der Waals surface area contributed by atoms with Gasteiger partial charge in [0.1, 0.15) is 0 Å². The SMILES string of the molecule is O=C1CCCN1[C@@H]1CN(Cc2ccsc2)C[C@@H]2CCCO[C@@H]21. The van der Waals surface area contributed by atoms with Crippen molar-refractivity contribution in [1.29, 1.82) is 0 Å². The molecule has 4 rings (SSSR count). The second-order valence-electron chi connectivity index (χ2n) is 6.82. The highest BCUT2D eigenvalue weighted by Gasteiger charge is 2.44. The number of carbonyl (C=O) groups excluding carboxylic acids is 1. The van der Waals surface area contributed by atoms with Crippen molar-refractivity contribution in [3.05, 3.63) is 22.4 Å². The van der Waals surface area contributed by atoms with Crippen molar-refractivity contribution in [3.63, 3.8) is 0 Å². The van der Waals surface area contributed by atoms with E-state index >= 15 is 0 Å². The van der Waals surface area contributed by atoms with Crippen molar-refractivity contribution in [3.8, 4) is 0 Å². The van der Waals surface area contributed by atoms with Crippen LogP contribution in [-0.2, 0) is 16.1 Å². The molecule has 22 heavy (non-hydrogen) atoms. The fourth-order valence-corrected chi connectivity index (χ4v) is 4.99. The topological polar surface area (TPSA) is 32.8 Å². The van der Waals surface area contributed by atoms with Crippen LogP contribution in [0.3, 0.4) is 0 Å². The van der Waals surface area contributed by atoms with Crippen molar-refractivity contribution in [1.82, 2.24) is 9.80 Å². The minimum Gasteiger partial charge on any atom is -0.376 e. The summed E-state index contributed by atoms with van der Waals surface area (Å²) in [7, 11) is 0. The summed E-state index contributed by atoms with van der Waals surface area (Å²) in [6.07, 6.45) is 4.39. The quantitative estimate of drug-likeness (QED) is 0.857. The van der Waals surface area contributed by atoms with Crippen molar-refractivity contribution < 1.29 is 9.53 Å². The molecular formula is C17H24N2O2S. The van der Waals surface area contributed by atoms with Crippen LogP contribution < -0.4 is 0 Å². The molecule has 0 saturated carbocycles. The smallest absolute Gasteiger partial charge is 0.223 e. The first-order valence-electron chi connectivity index (χ1n) is 8.46. The Kier molecular flexibility index (Phi) is 4.20. The third kappa shape index (κ3) is 2.82. The molecule has 4 nitrogen and oxygen atoms in total. The summed E-state index contributed by atoms with van der Waals surface area (Å²) in [5, 5.41) is 4.38. The highest BCUT2D eigenvalue weighted by molar-refractivity contribution is 7.07. The zero-order valence-electron chi connectivity index (χ0n) is 12.9. The Bertz CT molecular complexity index is 519. The molecule has 0 bridgehead atoms. The van der Waals surface area contributed by atoms with Crippen molar-refractivity contribution >= 4 is 17.2 Å². The van der Waals surface area contributed by atoms with Crippen molar-refractivity contribution in [2.45, 2.75) is 44.4 Å². The summed E-state index contributed by atoms with van der Waals surface area (Å²) < 4.78 is 6.12. The molecule has 4 heterocycles. The van der Waals surface area contributed by atoms with Gasteiger partial charge in [0.2, 0.25) is 5.91 Å². The molecule has 0 N–H and O–H groups in total. The molecule has 3 fully saturated rings. The molecule has 0 unspecified atom stereocenters. The normalized spacial score (nSPS) is 33.2. The first-order chi connectivity index (χ1) is 10.8. The number of rotatable bonds is 3. The zero-order chi connectivity index (χ0) is 14.9. The molecule has 120 valence electrons. The Labute approximate surface area is 136 Å². The average Bonchev–Trinajstić information content (AvgIpc) is 3.18. The first kappa shape index (κ1) is 14.7. The monoisotopic (exact) mass is 320 g/mol. The number of nitrogens with zero attached hydrogens (tertiary/aromatic N) is 2. The maximum atomic E-state index is 12.2. The van der Waals surface area contributed by atoms with Crippen molar-refractivity contribution in [2.24, 2.45) is 5.92 Å². The lowest BCUT2D eigenvalue weighted by atomic mass is 9.84. The molecule has 0 aromatic carbocycles. The van der Waals surface area contributed by atoms with Crippen LogP contribution >= 0.6 is 11.3 Å². The Balaban J connectivity index is 1.52. The maximum absolute atomic E-state index is 12.2. The van der Waals surface area contributed by atoms with E-state index in [1.807, 2.05) is 0 Å². The molecule has 1 aromatic rings. The number of likely N-dealkylation sites (tertiary alicyclic amines) is 2. The Morgan fingerprint density at radius 3 is 3.05 bits per heavy atom. The highest BCUT2D eigenvalue weighted by atomic mass is 32.1. The van der Waals surface area contributed by atoms with Gasteiger partial charge in [-0.1, -0.05) is 0 Å². The number of amides is 1. The predicted octanol–water partition coefficient (Wildman–Crippen LogP) is 2.35. The molecule has 0 radical (unpaired) electrons. The molecule has 1 amide bonds. The van der Waals surface area contributed by atoms with Gasteiger partial charge in [0, 0.05) is 39.2 Å². The molecule has 3 atom stereocenters. The number of hydrogen-bond acceptors (Lipinski definition) is 4. The van der Waals surface area contributed by atoms with E-state index in [-0.39, 0.29) is 12.1 Å². The van der Waals surface area contributed by atoms with Gasteiger partial charge in [-0.25, -0.2) is 0 Å². The van der Waals surface area contributed by atoms with Crippen LogP contribution in [-0.4, -0.2) is 54.1 Å². The van der Waals surface area contributed by atoms with Gasteiger partial charge in [-0.2, -0.15) is 11.3 Å². The number of hydrogen-bond donors (Lipinski definition) is 0. The number of ether oxygens (including phenoxy) is 1. The fraction of sp³-hybridized carbons (Fsp3) is 0.706. The van der Waals surface area contributed by atoms with E-state index in [9.17, 15) is 4.79 Å². The van der Waals surface area contributed by atoms with Crippen LogP contribution in [0.2, 0.25) is 0 Å². The van der Waals surface area contributed by atoms with E-state index in [0.717, 1.165) is 52.0 Å². The third-order valence-electron chi connectivity index (χ3n) is 5.31. The lowest BCUT2D eigenvalue weighted by Gasteiger charge is -2.48. The van der Waals surface area contributed by atoms with Gasteiger partial charge in [0.15, 0.2) is 0 Å². The van der Waals surface area contributed by atoms with Gasteiger partial charge in [0.25, 0.3) is 0 Å². The van der Waals surface area contributed by atoms with E-state index in [4.69, 9.17) is 4.74 Å². The Hall–Kier alpha value is -0.910. The van der Waals surface area contributed by atoms with Crippen LogP contribution in [0, 0.1) is 5.92 Å². The van der Waals surface area contributed by atoms with E-state index < -0.39 is 0 Å². The molecule has 5 heteroatoms. The van der Waals surface area contributed by atoms with Gasteiger partial charge >= 0.3 is 0 Å². The summed E-state index contributed by atoms with van der Waals surface area (Å²) in [4.78, 5) is 16.9. The molecule has 0 aliphatic carbocycles. The second kappa shape index (κ2) is 6.30. The summed E-state index contributed by atoms with van der Waals surface area (Å²) in [5.41, 5.74) is 1.40. The van der Waals surface area contributed by atoms with Crippen LogP contribution in [0.4, 0.5) is 0 Å². The van der Waals surface area contributed by atoms with E-state index in [1.54, 1.807) is 11.3 Å². The van der Waals surface area contributed by atoms with Crippen LogP contribution in [0.15, 0.2) is 16.8 Å². The standard InChI is InChI=1S/C17H24N2O2S/c20-16-4-1-6-19(16)15-11-18(9-13-5-8-22-12-13)10-14-3-2-7-21-17(14)15/h5,8,12,14-15,17H,1-4,6-7,9-11H2/t14-,15+,17-/m0/s1. The lowest BCUT2D eigenvalue weighted by Crippen LogP contribution is -2.61. The van der Waals surface area contributed by atoms with Crippen LogP contribution in [0.25, 0.3) is 0 Å². The highest BCUT2D eigenvalue weighted by Crippen LogP contribution is 2.33. The Morgan fingerprint density at radius 1 is 1.32 bits per heavy atom. The van der Waals surface area contributed by atoms with Crippen LogP contribution in [0.5, 0.6) is 0 Å². The second-order valence-corrected chi connectivity index (χ2v) is 7.60. The van der Waals surface area contributed by atoms with E-state index in [2.05, 4.69) is 26.6 Å². The average molecular weight is 320 g/mol. The third-order valence-corrected chi connectivity index (χ3v) is 6.04. The molecule has 0 spiro atoms. The minimum atomic E-state index is 0.257. The summed E-state index contributed by atoms with van der Waals surface area (Å²) >= 11 is 1.76. The number of thiophene rings is 1. The number of piperidine rings is 1. The number of carbonyl (C=O) groups is 1. The zero-order valence-corrected chi connectivity index (χ0v) is 13.8. The molecule has 3 aliphatic heterocycles. The largest absolute Gasteiger partial charge is 0.376 e. The van der Waals surface area contributed by atoms with Crippen LogP contribution in [0.1, 0.15) is 31.2 Å². The molecule has 3 saturated heterocycles. The summed E-state index contributed by atoms with van der Waals surface area (Å²) in [6, 6.07) is 2.47. The van der Waals surface area contributed by atoms with Gasteiger partial charge in [0.05, 0.1) is 12.1 Å². The van der Waals surface area contributed by atoms with E-state index in [0.29, 0.717) is 11.8 Å². The van der Waals surface area contributed by atoms with Gasteiger partial charge in [-0.3, -0.25) is 9.69 Å². The van der Waals surface area contributed by atoms with Gasteiger partial charge in [-0.15, -0.1) is 0 Å². The fourth-order valence-electron chi connectivity index (χ4n) is 4.33. The maximum Gasteiger partial charge on any atom is 0.223 e. The summed E-state index contributed by atoms with van der Waals surface area (Å²) in [6.45, 7) is 4.86. The van der Waals surface area contributed by atoms with E-state index in [1.165, 1.54) is 12.0 Å². The molecular weight excluding hydrogens is 296 g/mol. The predicted molar refractivity (Wildman–Crippen MR) is 86.8 cm³/mol. The van der Waals surface area contributed by atoms with Gasteiger partial charge in [-0.05, 0) is 47.6 Å².